The molecule has 0 heterocycles. The average molecular weight is 304 g/mol. The van der Waals surface area contributed by atoms with Crippen LogP contribution < -0.4 is 10.5 Å². The lowest BCUT2D eigenvalue weighted by Crippen LogP contribution is -2.35. The molecule has 7 heteroatoms. The average Bonchev–Trinajstić information content (AvgIpc) is 2.38. The topological polar surface area (TPSA) is 55.6 Å². The molecule has 0 fully saturated rings. The lowest BCUT2D eigenvalue weighted by atomic mass is 10.1. The summed E-state index contributed by atoms with van der Waals surface area (Å²) in [7, 11) is 1.65. The van der Waals surface area contributed by atoms with Crippen molar-refractivity contribution in [2.24, 2.45) is 0 Å². The Morgan fingerprint density at radius 3 is 2.52 bits per heavy atom. The number of rotatable bonds is 5. The van der Waals surface area contributed by atoms with Gasteiger partial charge >= 0.3 is 6.36 Å². The number of amides is 1. The van der Waals surface area contributed by atoms with Crippen LogP contribution in [0.25, 0.3) is 0 Å². The molecule has 1 aromatic carbocycles. The molecule has 1 unspecified atom stereocenters. The standard InChI is InChI=1S/C14H19F3N2O2/c1-4-5-9(2)19(3)13(20)10-6-7-12(11(18)8-10)21-14(15,16)17/h6-9H,4-5,18H2,1-3H3. The molecule has 1 aromatic rings. The third-order valence-corrected chi connectivity index (χ3v) is 3.17. The van der Waals surface area contributed by atoms with Crippen molar-refractivity contribution in [1.82, 2.24) is 4.90 Å². The fourth-order valence-corrected chi connectivity index (χ4v) is 1.91. The highest BCUT2D eigenvalue weighted by molar-refractivity contribution is 5.95. The molecule has 1 rings (SSSR count). The number of carbonyl (C=O) groups excluding carboxylic acids is 1. The first-order valence-corrected chi connectivity index (χ1v) is 6.58. The number of benzene rings is 1. The molecular formula is C14H19F3N2O2. The molecule has 1 atom stereocenters. The predicted molar refractivity (Wildman–Crippen MR) is 74.0 cm³/mol. The Kier molecular flexibility index (Phi) is 5.46. The lowest BCUT2D eigenvalue weighted by molar-refractivity contribution is -0.274. The molecule has 0 saturated carbocycles. The zero-order valence-corrected chi connectivity index (χ0v) is 12.2. The van der Waals surface area contributed by atoms with E-state index in [1.54, 1.807) is 11.9 Å². The second-order valence-electron chi connectivity index (χ2n) is 4.85. The van der Waals surface area contributed by atoms with E-state index in [4.69, 9.17) is 5.73 Å². The van der Waals surface area contributed by atoms with Crippen molar-refractivity contribution in [3.8, 4) is 5.75 Å². The van der Waals surface area contributed by atoms with Gasteiger partial charge in [-0.2, -0.15) is 0 Å². The number of carbonyl (C=O) groups is 1. The summed E-state index contributed by atoms with van der Waals surface area (Å²) >= 11 is 0. The van der Waals surface area contributed by atoms with E-state index in [1.165, 1.54) is 12.1 Å². The number of anilines is 1. The molecule has 0 bridgehead atoms. The molecule has 2 N–H and O–H groups in total. The largest absolute Gasteiger partial charge is 0.573 e. The number of hydrogen-bond acceptors (Lipinski definition) is 3. The summed E-state index contributed by atoms with van der Waals surface area (Å²) in [5.74, 6) is -0.801. The Morgan fingerprint density at radius 1 is 1.43 bits per heavy atom. The summed E-state index contributed by atoms with van der Waals surface area (Å²) in [6, 6.07) is 3.55. The minimum atomic E-state index is -4.81. The van der Waals surface area contributed by atoms with Crippen molar-refractivity contribution in [2.75, 3.05) is 12.8 Å². The van der Waals surface area contributed by atoms with Crippen LogP contribution in [0.15, 0.2) is 18.2 Å². The van der Waals surface area contributed by atoms with Gasteiger partial charge in [0.05, 0.1) is 5.69 Å². The van der Waals surface area contributed by atoms with E-state index < -0.39 is 12.1 Å². The van der Waals surface area contributed by atoms with Gasteiger partial charge in [0.1, 0.15) is 0 Å². The van der Waals surface area contributed by atoms with Crippen LogP contribution in [0, 0.1) is 0 Å². The van der Waals surface area contributed by atoms with E-state index in [2.05, 4.69) is 4.74 Å². The molecule has 0 saturated heterocycles. The number of nitrogen functional groups attached to an aromatic ring is 1. The maximum atomic E-state index is 12.2. The Bertz CT molecular complexity index is 503. The number of hydrogen-bond donors (Lipinski definition) is 1. The van der Waals surface area contributed by atoms with Crippen molar-refractivity contribution in [3.05, 3.63) is 23.8 Å². The first kappa shape index (κ1) is 17.1. The molecule has 1 amide bonds. The fraction of sp³-hybridized carbons (Fsp3) is 0.500. The summed E-state index contributed by atoms with van der Waals surface area (Å²) in [5, 5.41) is 0. The number of halogens is 3. The molecular weight excluding hydrogens is 285 g/mol. The molecule has 0 aliphatic rings. The van der Waals surface area contributed by atoms with Gasteiger partial charge in [-0.05, 0) is 31.5 Å². The second kappa shape index (κ2) is 6.69. The number of alkyl halides is 3. The molecule has 4 nitrogen and oxygen atoms in total. The van der Waals surface area contributed by atoms with Gasteiger partial charge < -0.3 is 15.4 Å². The molecule has 118 valence electrons. The van der Waals surface area contributed by atoms with Crippen LogP contribution in [0.2, 0.25) is 0 Å². The van der Waals surface area contributed by atoms with Crippen LogP contribution in [0.3, 0.4) is 0 Å². The predicted octanol–water partition coefficient (Wildman–Crippen LogP) is 3.43. The van der Waals surface area contributed by atoms with Crippen LogP contribution in [0.1, 0.15) is 37.0 Å². The van der Waals surface area contributed by atoms with E-state index in [0.29, 0.717) is 0 Å². The quantitative estimate of drug-likeness (QED) is 0.848. The molecule has 0 aromatic heterocycles. The smallest absolute Gasteiger partial charge is 0.404 e. The van der Waals surface area contributed by atoms with Crippen LogP contribution in [-0.2, 0) is 0 Å². The van der Waals surface area contributed by atoms with E-state index in [-0.39, 0.29) is 23.2 Å². The highest BCUT2D eigenvalue weighted by atomic mass is 19.4. The van der Waals surface area contributed by atoms with Crippen molar-refractivity contribution in [1.29, 1.82) is 0 Å². The normalized spacial score (nSPS) is 12.9. The first-order chi connectivity index (χ1) is 9.65. The van der Waals surface area contributed by atoms with Gasteiger partial charge in [-0.25, -0.2) is 0 Å². The monoisotopic (exact) mass is 304 g/mol. The molecule has 0 radical (unpaired) electrons. The minimum absolute atomic E-state index is 0.0369. The van der Waals surface area contributed by atoms with Gasteiger partial charge in [0.2, 0.25) is 0 Å². The Balaban J connectivity index is 2.90. The lowest BCUT2D eigenvalue weighted by Gasteiger charge is -2.25. The van der Waals surface area contributed by atoms with Gasteiger partial charge in [0.15, 0.2) is 5.75 Å². The van der Waals surface area contributed by atoms with E-state index >= 15 is 0 Å². The third-order valence-electron chi connectivity index (χ3n) is 3.17. The zero-order chi connectivity index (χ0) is 16.2. The fourth-order valence-electron chi connectivity index (χ4n) is 1.91. The Labute approximate surface area is 121 Å². The Morgan fingerprint density at radius 2 is 2.05 bits per heavy atom. The summed E-state index contributed by atoms with van der Waals surface area (Å²) in [5.41, 5.74) is 5.51. The third kappa shape index (κ3) is 4.84. The van der Waals surface area contributed by atoms with Gasteiger partial charge in [-0.3, -0.25) is 4.79 Å². The summed E-state index contributed by atoms with van der Waals surface area (Å²) in [6.45, 7) is 3.92. The van der Waals surface area contributed by atoms with Crippen LogP contribution >= 0.6 is 0 Å². The number of nitrogens with zero attached hydrogens (tertiary/aromatic N) is 1. The molecule has 0 aliphatic carbocycles. The maximum absolute atomic E-state index is 12.2. The number of ether oxygens (including phenoxy) is 1. The maximum Gasteiger partial charge on any atom is 0.573 e. The van der Waals surface area contributed by atoms with Gasteiger partial charge in [-0.15, -0.1) is 13.2 Å². The van der Waals surface area contributed by atoms with Gasteiger partial charge in [-0.1, -0.05) is 13.3 Å². The van der Waals surface area contributed by atoms with Crippen LogP contribution in [0.4, 0.5) is 18.9 Å². The highest BCUT2D eigenvalue weighted by Crippen LogP contribution is 2.29. The van der Waals surface area contributed by atoms with Crippen LogP contribution in [-0.4, -0.2) is 30.3 Å². The number of nitrogens with two attached hydrogens (primary N) is 1. The van der Waals surface area contributed by atoms with Crippen LogP contribution in [0.5, 0.6) is 5.75 Å². The van der Waals surface area contributed by atoms with Crippen molar-refractivity contribution in [2.45, 2.75) is 39.1 Å². The summed E-state index contributed by atoms with van der Waals surface area (Å²) in [4.78, 5) is 13.8. The molecule has 0 spiro atoms. The van der Waals surface area contributed by atoms with Crippen molar-refractivity contribution in [3.63, 3.8) is 0 Å². The van der Waals surface area contributed by atoms with Gasteiger partial charge in [0, 0.05) is 18.7 Å². The molecule has 21 heavy (non-hydrogen) atoms. The molecule has 0 aliphatic heterocycles. The van der Waals surface area contributed by atoms with Crippen molar-refractivity contribution >= 4 is 11.6 Å². The van der Waals surface area contributed by atoms with E-state index in [1.807, 2.05) is 13.8 Å². The van der Waals surface area contributed by atoms with Gasteiger partial charge in [0.25, 0.3) is 5.91 Å². The SMILES string of the molecule is CCCC(C)N(C)C(=O)c1ccc(OC(F)(F)F)c(N)c1. The van der Waals surface area contributed by atoms with Crippen molar-refractivity contribution < 1.29 is 22.7 Å². The summed E-state index contributed by atoms with van der Waals surface area (Å²) < 4.78 is 40.2. The summed E-state index contributed by atoms with van der Waals surface area (Å²) in [6.07, 6.45) is -3.04. The Hall–Kier alpha value is -1.92. The second-order valence-corrected chi connectivity index (χ2v) is 4.85. The first-order valence-electron chi connectivity index (χ1n) is 6.58. The highest BCUT2D eigenvalue weighted by Gasteiger charge is 2.32. The zero-order valence-electron chi connectivity index (χ0n) is 12.2. The van der Waals surface area contributed by atoms with E-state index in [0.717, 1.165) is 18.9 Å². The van der Waals surface area contributed by atoms with E-state index in [9.17, 15) is 18.0 Å². The minimum Gasteiger partial charge on any atom is -0.404 e.